The van der Waals surface area contributed by atoms with Gasteiger partial charge in [-0.15, -0.1) is 0 Å². The number of carbonyl (C=O) groups is 2. The van der Waals surface area contributed by atoms with Crippen LogP contribution in [0.2, 0.25) is 0 Å². The summed E-state index contributed by atoms with van der Waals surface area (Å²) in [4.78, 5) is 24.1. The van der Waals surface area contributed by atoms with Crippen LogP contribution in [0.25, 0.3) is 0 Å². The standard InChI is InChI=1S/C20H29NO3/c1-19-9-7-15-13(14(19)4-5-16(19)18(23)24-3)11-21-17-10-12(22)6-8-20(15,17)2/h10,13-16,21H,4-9,11H2,1-3H3/t13-,14-,15+,16?,19-,20+/m0/s1. The lowest BCUT2D eigenvalue weighted by atomic mass is 9.50. The normalized spacial score (nSPS) is 47.0. The smallest absolute Gasteiger partial charge is 0.309 e. The number of ketones is 1. The molecule has 0 aromatic carbocycles. The minimum atomic E-state index is -0.0164. The zero-order chi connectivity index (χ0) is 17.1. The van der Waals surface area contributed by atoms with Gasteiger partial charge in [0, 0.05) is 30.2 Å². The molecule has 6 atom stereocenters. The summed E-state index contributed by atoms with van der Waals surface area (Å²) >= 11 is 0. The molecule has 4 nitrogen and oxygen atoms in total. The Morgan fingerprint density at radius 2 is 2.00 bits per heavy atom. The first-order valence-corrected chi connectivity index (χ1v) is 9.47. The van der Waals surface area contributed by atoms with E-state index in [1.807, 2.05) is 6.08 Å². The Kier molecular flexibility index (Phi) is 3.59. The highest BCUT2D eigenvalue weighted by Gasteiger charge is 2.60. The molecule has 0 aromatic heterocycles. The SMILES string of the molecule is COC(=O)C1CC[C@H]2[C@@H]3CNC4=CC(=O)CC[C@]4(C)[C@@H]3CC[C@]12C. The highest BCUT2D eigenvalue weighted by Crippen LogP contribution is 2.64. The maximum Gasteiger partial charge on any atom is 0.309 e. The van der Waals surface area contributed by atoms with Gasteiger partial charge in [0.05, 0.1) is 13.0 Å². The number of fused-ring (bicyclic) bond motifs is 5. The molecular formula is C20H29NO3. The van der Waals surface area contributed by atoms with Crippen molar-refractivity contribution in [1.82, 2.24) is 5.32 Å². The Labute approximate surface area is 144 Å². The van der Waals surface area contributed by atoms with Crippen LogP contribution in [0.15, 0.2) is 11.8 Å². The first kappa shape index (κ1) is 16.2. The van der Waals surface area contributed by atoms with Gasteiger partial charge in [0.25, 0.3) is 0 Å². The zero-order valence-electron chi connectivity index (χ0n) is 15.1. The molecular weight excluding hydrogens is 302 g/mol. The average Bonchev–Trinajstić information content (AvgIpc) is 2.92. The van der Waals surface area contributed by atoms with E-state index < -0.39 is 0 Å². The average molecular weight is 331 g/mol. The first-order valence-electron chi connectivity index (χ1n) is 9.47. The number of rotatable bonds is 1. The summed E-state index contributed by atoms with van der Waals surface area (Å²) in [7, 11) is 1.52. The molecule has 4 heteroatoms. The van der Waals surface area contributed by atoms with Crippen molar-refractivity contribution < 1.29 is 14.3 Å². The number of nitrogens with one attached hydrogen (secondary N) is 1. The highest BCUT2D eigenvalue weighted by molar-refractivity contribution is 5.91. The molecule has 1 N–H and O–H groups in total. The van der Waals surface area contributed by atoms with Gasteiger partial charge in [-0.25, -0.2) is 0 Å². The monoisotopic (exact) mass is 331 g/mol. The molecule has 3 aliphatic carbocycles. The van der Waals surface area contributed by atoms with E-state index in [0.717, 1.165) is 38.6 Å². The number of carbonyl (C=O) groups excluding carboxylic acids is 2. The number of ether oxygens (including phenoxy) is 1. The molecule has 0 spiro atoms. The maximum absolute atomic E-state index is 12.3. The topological polar surface area (TPSA) is 55.4 Å². The van der Waals surface area contributed by atoms with E-state index >= 15 is 0 Å². The lowest BCUT2D eigenvalue weighted by Gasteiger charge is -2.57. The number of allylic oxidation sites excluding steroid dienone is 2. The lowest BCUT2D eigenvalue weighted by Crippen LogP contribution is -2.57. The van der Waals surface area contributed by atoms with Crippen LogP contribution < -0.4 is 5.32 Å². The molecule has 1 saturated heterocycles. The molecule has 0 radical (unpaired) electrons. The Bertz CT molecular complexity index is 612. The zero-order valence-corrected chi connectivity index (χ0v) is 15.1. The van der Waals surface area contributed by atoms with Gasteiger partial charge in [-0.05, 0) is 55.3 Å². The van der Waals surface area contributed by atoms with Crippen LogP contribution in [-0.2, 0) is 14.3 Å². The molecule has 0 aromatic rings. The highest BCUT2D eigenvalue weighted by atomic mass is 16.5. The van der Waals surface area contributed by atoms with E-state index in [9.17, 15) is 9.59 Å². The van der Waals surface area contributed by atoms with Gasteiger partial charge in [0.15, 0.2) is 5.78 Å². The summed E-state index contributed by atoms with van der Waals surface area (Å²) in [6.45, 7) is 5.62. The number of hydrogen-bond acceptors (Lipinski definition) is 4. The third kappa shape index (κ3) is 2.04. The van der Waals surface area contributed by atoms with Crippen molar-refractivity contribution >= 4 is 11.8 Å². The van der Waals surface area contributed by atoms with E-state index in [4.69, 9.17) is 4.74 Å². The third-order valence-corrected chi connectivity index (χ3v) is 8.08. The van der Waals surface area contributed by atoms with Crippen molar-refractivity contribution in [3.8, 4) is 0 Å². The molecule has 4 aliphatic rings. The molecule has 1 heterocycles. The van der Waals surface area contributed by atoms with Crippen molar-refractivity contribution in [3.63, 3.8) is 0 Å². The fourth-order valence-electron chi connectivity index (χ4n) is 6.67. The van der Waals surface area contributed by atoms with Crippen LogP contribution in [0.4, 0.5) is 0 Å². The van der Waals surface area contributed by atoms with Crippen LogP contribution in [0.5, 0.6) is 0 Å². The largest absolute Gasteiger partial charge is 0.469 e. The molecule has 24 heavy (non-hydrogen) atoms. The Morgan fingerprint density at radius 3 is 2.75 bits per heavy atom. The fraction of sp³-hybridized carbons (Fsp3) is 0.800. The minimum Gasteiger partial charge on any atom is -0.469 e. The summed E-state index contributed by atoms with van der Waals surface area (Å²) in [6, 6.07) is 0. The van der Waals surface area contributed by atoms with Crippen LogP contribution in [0.3, 0.4) is 0 Å². The predicted molar refractivity (Wildman–Crippen MR) is 91.0 cm³/mol. The van der Waals surface area contributed by atoms with Gasteiger partial charge < -0.3 is 10.1 Å². The van der Waals surface area contributed by atoms with Crippen LogP contribution in [0.1, 0.15) is 52.4 Å². The van der Waals surface area contributed by atoms with Gasteiger partial charge in [0.1, 0.15) is 0 Å². The van der Waals surface area contributed by atoms with Gasteiger partial charge in [-0.3, -0.25) is 9.59 Å². The van der Waals surface area contributed by atoms with Crippen LogP contribution in [-0.4, -0.2) is 25.4 Å². The van der Waals surface area contributed by atoms with Crippen molar-refractivity contribution in [2.45, 2.75) is 52.4 Å². The van der Waals surface area contributed by atoms with Crippen molar-refractivity contribution in [1.29, 1.82) is 0 Å². The molecule has 0 amide bonds. The quantitative estimate of drug-likeness (QED) is 0.750. The third-order valence-electron chi connectivity index (χ3n) is 8.08. The van der Waals surface area contributed by atoms with Crippen molar-refractivity contribution in [3.05, 3.63) is 11.8 Å². The summed E-state index contributed by atoms with van der Waals surface area (Å²) in [5.41, 5.74) is 1.37. The Morgan fingerprint density at radius 1 is 1.21 bits per heavy atom. The number of hydrogen-bond donors (Lipinski definition) is 1. The second-order valence-electron chi connectivity index (χ2n) is 8.90. The van der Waals surface area contributed by atoms with Gasteiger partial charge in [0.2, 0.25) is 0 Å². The van der Waals surface area contributed by atoms with Crippen molar-refractivity contribution in [2.24, 2.45) is 34.5 Å². The molecule has 3 fully saturated rings. The van der Waals surface area contributed by atoms with Gasteiger partial charge in [-0.1, -0.05) is 13.8 Å². The van der Waals surface area contributed by atoms with Crippen LogP contribution >= 0.6 is 0 Å². The fourth-order valence-corrected chi connectivity index (χ4v) is 6.67. The summed E-state index contributed by atoms with van der Waals surface area (Å²) < 4.78 is 5.10. The lowest BCUT2D eigenvalue weighted by molar-refractivity contribution is -0.152. The van der Waals surface area contributed by atoms with Gasteiger partial charge >= 0.3 is 5.97 Å². The second-order valence-corrected chi connectivity index (χ2v) is 8.90. The number of piperidine rings is 1. The Hall–Kier alpha value is -1.32. The van der Waals surface area contributed by atoms with Gasteiger partial charge in [-0.2, -0.15) is 0 Å². The number of methoxy groups -OCH3 is 1. The van der Waals surface area contributed by atoms with E-state index in [1.54, 1.807) is 0 Å². The van der Waals surface area contributed by atoms with E-state index in [-0.39, 0.29) is 28.5 Å². The first-order chi connectivity index (χ1) is 11.4. The van der Waals surface area contributed by atoms with Crippen molar-refractivity contribution in [2.75, 3.05) is 13.7 Å². The molecule has 1 unspecified atom stereocenters. The molecule has 1 aliphatic heterocycles. The second kappa shape index (κ2) is 5.34. The molecule has 132 valence electrons. The van der Waals surface area contributed by atoms with E-state index in [2.05, 4.69) is 19.2 Å². The summed E-state index contributed by atoms with van der Waals surface area (Å²) in [6.07, 6.45) is 7.87. The molecule has 4 rings (SSSR count). The Balaban J connectivity index is 1.65. The maximum atomic E-state index is 12.3. The summed E-state index contributed by atoms with van der Waals surface area (Å²) in [5, 5.41) is 3.60. The summed E-state index contributed by atoms with van der Waals surface area (Å²) in [5.74, 6) is 2.13. The van der Waals surface area contributed by atoms with E-state index in [0.29, 0.717) is 24.2 Å². The van der Waals surface area contributed by atoms with E-state index in [1.165, 1.54) is 12.8 Å². The molecule has 2 saturated carbocycles. The number of esters is 1. The minimum absolute atomic E-state index is 0.0164. The van der Waals surface area contributed by atoms with Crippen LogP contribution in [0, 0.1) is 34.5 Å². The predicted octanol–water partition coefficient (Wildman–Crippen LogP) is 3.07. The molecule has 0 bridgehead atoms.